The number of hydrogen-bond donors (Lipinski definition) is 2. The van der Waals surface area contributed by atoms with Crippen molar-refractivity contribution in [2.45, 2.75) is 69.1 Å². The molecular weight excluding hydrogens is 571 g/mol. The van der Waals surface area contributed by atoms with E-state index in [2.05, 4.69) is 15.1 Å². The molecule has 0 aliphatic carbocycles. The van der Waals surface area contributed by atoms with Gasteiger partial charge >= 0.3 is 0 Å². The second-order valence-electron chi connectivity index (χ2n) is 13.7. The second kappa shape index (κ2) is 9.74. The summed E-state index contributed by atoms with van der Waals surface area (Å²) in [6.07, 6.45) is 8.01. The Labute approximate surface area is 261 Å². The van der Waals surface area contributed by atoms with Crippen molar-refractivity contribution in [3.05, 3.63) is 47.9 Å². The largest absolute Gasteiger partial charge is 0.508 e. The third-order valence-electron chi connectivity index (χ3n) is 11.2. The summed E-state index contributed by atoms with van der Waals surface area (Å²) in [6.45, 7) is 5.20. The minimum atomic E-state index is -0.564. The van der Waals surface area contributed by atoms with Gasteiger partial charge in [0, 0.05) is 42.8 Å². The summed E-state index contributed by atoms with van der Waals surface area (Å²) >= 11 is 0. The smallest absolute Gasteiger partial charge is 0.251 e. The Hall–Kier alpha value is -4.02. The number of anilines is 2. The SMILES string of the molecule is Cc1cccc2cc(O)cc(-c3ncc4c5c(c(OCC67CCCN6CCC7)nc4c3F)N(C)C(=O)C3C4CCC(CN53)N4)c12. The van der Waals surface area contributed by atoms with Gasteiger partial charge in [-0.25, -0.2) is 9.37 Å². The van der Waals surface area contributed by atoms with Crippen molar-refractivity contribution in [3.63, 3.8) is 0 Å². The fourth-order valence-corrected chi connectivity index (χ4v) is 9.13. The maximum Gasteiger partial charge on any atom is 0.251 e. The number of halogens is 1. The molecule has 3 atom stereocenters. The van der Waals surface area contributed by atoms with Gasteiger partial charge in [-0.1, -0.05) is 18.2 Å². The second-order valence-corrected chi connectivity index (χ2v) is 13.7. The zero-order valence-corrected chi connectivity index (χ0v) is 25.6. The summed E-state index contributed by atoms with van der Waals surface area (Å²) in [7, 11) is 1.79. The Morgan fingerprint density at radius 3 is 2.80 bits per heavy atom. The fourth-order valence-electron chi connectivity index (χ4n) is 9.13. The van der Waals surface area contributed by atoms with E-state index in [-0.39, 0.29) is 46.5 Å². The number of fused-ring (bicyclic) bond motifs is 10. The highest BCUT2D eigenvalue weighted by atomic mass is 19.1. The lowest BCUT2D eigenvalue weighted by Gasteiger charge is -2.48. The Bertz CT molecular complexity index is 1900. The van der Waals surface area contributed by atoms with Gasteiger partial charge in [-0.2, -0.15) is 0 Å². The van der Waals surface area contributed by atoms with Crippen molar-refractivity contribution in [1.29, 1.82) is 0 Å². The average Bonchev–Trinajstić information content (AvgIpc) is 3.72. The van der Waals surface area contributed by atoms with Crippen LogP contribution in [0.15, 0.2) is 36.5 Å². The Kier molecular flexibility index (Phi) is 5.91. The number of hydrogen-bond acceptors (Lipinski definition) is 8. The highest BCUT2D eigenvalue weighted by Crippen LogP contribution is 2.50. The van der Waals surface area contributed by atoms with Crippen LogP contribution in [0.2, 0.25) is 0 Å². The monoisotopic (exact) mass is 608 g/mol. The zero-order valence-electron chi connectivity index (χ0n) is 25.6. The number of amides is 1. The molecule has 3 unspecified atom stereocenters. The van der Waals surface area contributed by atoms with Crippen molar-refractivity contribution < 1.29 is 19.0 Å². The topological polar surface area (TPSA) is 94.1 Å². The molecule has 45 heavy (non-hydrogen) atoms. The summed E-state index contributed by atoms with van der Waals surface area (Å²) in [5.74, 6) is -0.229. The molecule has 2 bridgehead atoms. The molecule has 0 spiro atoms. The first-order chi connectivity index (χ1) is 21.8. The Balaban J connectivity index is 1.27. The van der Waals surface area contributed by atoms with Gasteiger partial charge < -0.3 is 25.0 Å². The number of phenols is 1. The minimum absolute atomic E-state index is 0.000343. The number of nitrogens with one attached hydrogen (secondary N) is 1. The van der Waals surface area contributed by atoms with Gasteiger partial charge in [-0.15, -0.1) is 0 Å². The lowest BCUT2D eigenvalue weighted by molar-refractivity contribution is -0.120. The van der Waals surface area contributed by atoms with Gasteiger partial charge in [0.1, 0.15) is 35.3 Å². The van der Waals surface area contributed by atoms with Crippen LogP contribution in [0.4, 0.5) is 15.8 Å². The molecular formula is C35H37FN6O3. The third-order valence-corrected chi connectivity index (χ3v) is 11.2. The maximum absolute atomic E-state index is 17.0. The van der Waals surface area contributed by atoms with E-state index in [9.17, 15) is 9.90 Å². The van der Waals surface area contributed by atoms with Crippen molar-refractivity contribution in [2.75, 3.05) is 43.1 Å². The van der Waals surface area contributed by atoms with Crippen LogP contribution in [0.25, 0.3) is 32.9 Å². The van der Waals surface area contributed by atoms with Crippen LogP contribution in [0.3, 0.4) is 0 Å². The molecule has 4 aromatic rings. The maximum atomic E-state index is 17.0. The molecule has 2 N–H and O–H groups in total. The number of rotatable bonds is 4. The molecule has 5 aliphatic rings. The molecule has 2 aromatic heterocycles. The molecule has 4 saturated heterocycles. The Morgan fingerprint density at radius 1 is 1.16 bits per heavy atom. The fraction of sp³-hybridized carbons (Fsp3) is 0.457. The molecule has 7 heterocycles. The third kappa shape index (κ3) is 3.88. The van der Waals surface area contributed by atoms with E-state index in [0.29, 0.717) is 35.7 Å². The molecule has 232 valence electrons. The number of aromatic nitrogens is 2. The number of aryl methyl sites for hydroxylation is 1. The number of carbonyl (C=O) groups excluding carboxylic acids is 1. The van der Waals surface area contributed by atoms with Gasteiger partial charge in [0.05, 0.1) is 11.2 Å². The number of phenolic OH excluding ortho intramolecular Hbond substituents is 1. The molecule has 2 aromatic carbocycles. The molecule has 9 rings (SSSR count). The number of ether oxygens (including phenoxy) is 1. The predicted molar refractivity (Wildman–Crippen MR) is 172 cm³/mol. The number of benzene rings is 2. The highest BCUT2D eigenvalue weighted by Gasteiger charge is 2.51. The number of pyridine rings is 2. The lowest BCUT2D eigenvalue weighted by Crippen LogP contribution is -2.66. The quantitative estimate of drug-likeness (QED) is 0.338. The van der Waals surface area contributed by atoms with Gasteiger partial charge in [0.2, 0.25) is 5.88 Å². The van der Waals surface area contributed by atoms with Crippen LogP contribution >= 0.6 is 0 Å². The van der Waals surface area contributed by atoms with Crippen molar-refractivity contribution in [2.24, 2.45) is 0 Å². The van der Waals surface area contributed by atoms with Crippen molar-refractivity contribution in [1.82, 2.24) is 20.2 Å². The van der Waals surface area contributed by atoms with Crippen LogP contribution in [0.5, 0.6) is 11.6 Å². The van der Waals surface area contributed by atoms with Crippen LogP contribution in [0.1, 0.15) is 44.1 Å². The molecule has 5 aliphatic heterocycles. The van der Waals surface area contributed by atoms with Crippen LogP contribution in [-0.4, -0.2) is 82.8 Å². The normalized spacial score (nSPS) is 25.2. The van der Waals surface area contributed by atoms with Crippen LogP contribution in [-0.2, 0) is 4.79 Å². The average molecular weight is 609 g/mol. The standard InChI is InChI=1S/C35H37FN6O3/c1-19-6-3-7-20-14-22(43)15-23(26(19)20)28-27(36)29-24(16-37-28)30-32(33(39-29)45-18-35-10-4-12-41(35)13-5-11-35)40(2)34(44)31-25-9-8-21(38-25)17-42(30)31/h3,6-7,14-16,21,25,31,38,43H,4-5,8-13,17-18H2,1-2H3. The van der Waals surface area contributed by atoms with Gasteiger partial charge in [0.25, 0.3) is 5.91 Å². The summed E-state index contributed by atoms with van der Waals surface area (Å²) < 4.78 is 23.7. The van der Waals surface area contributed by atoms with Gasteiger partial charge in [0.15, 0.2) is 5.82 Å². The number of aromatic hydroxyl groups is 1. The van der Waals surface area contributed by atoms with E-state index in [1.165, 1.54) is 0 Å². The van der Waals surface area contributed by atoms with Crippen molar-refractivity contribution >= 4 is 39.0 Å². The van der Waals surface area contributed by atoms with E-state index in [1.807, 2.05) is 25.1 Å². The number of carbonyl (C=O) groups is 1. The number of piperazine rings is 1. The van der Waals surface area contributed by atoms with Gasteiger partial charge in [-0.05, 0) is 87.0 Å². The van der Waals surface area contributed by atoms with E-state index in [4.69, 9.17) is 14.7 Å². The summed E-state index contributed by atoms with van der Waals surface area (Å²) in [6, 6.07) is 8.96. The molecule has 1 amide bonds. The first-order valence-corrected chi connectivity index (χ1v) is 16.3. The van der Waals surface area contributed by atoms with Crippen LogP contribution in [0, 0.1) is 12.7 Å². The number of nitrogens with zero attached hydrogens (tertiary/aromatic N) is 5. The highest BCUT2D eigenvalue weighted by molar-refractivity contribution is 6.14. The van der Waals surface area contributed by atoms with E-state index in [1.54, 1.807) is 30.3 Å². The van der Waals surface area contributed by atoms with E-state index in [0.717, 1.165) is 73.6 Å². The molecule has 0 radical (unpaired) electrons. The Morgan fingerprint density at radius 2 is 1.98 bits per heavy atom. The molecule has 10 heteroatoms. The molecule has 9 nitrogen and oxygen atoms in total. The summed E-state index contributed by atoms with van der Waals surface area (Å²) in [5.41, 5.74) is 3.09. The van der Waals surface area contributed by atoms with Crippen LogP contribution < -0.4 is 19.9 Å². The number of likely N-dealkylation sites (N-methyl/N-ethyl adjacent to an activating group) is 1. The predicted octanol–water partition coefficient (Wildman–Crippen LogP) is 4.90. The molecule has 4 fully saturated rings. The summed E-state index contributed by atoms with van der Waals surface area (Å²) in [4.78, 5) is 29.9. The summed E-state index contributed by atoms with van der Waals surface area (Å²) in [5, 5.41) is 16.5. The minimum Gasteiger partial charge on any atom is -0.508 e. The first kappa shape index (κ1) is 27.3. The van der Waals surface area contributed by atoms with E-state index < -0.39 is 5.82 Å². The van der Waals surface area contributed by atoms with Crippen molar-refractivity contribution in [3.8, 4) is 22.9 Å². The lowest BCUT2D eigenvalue weighted by atomic mass is 9.95. The molecule has 0 saturated carbocycles. The zero-order chi connectivity index (χ0) is 30.6. The first-order valence-electron chi connectivity index (χ1n) is 16.3. The van der Waals surface area contributed by atoms with E-state index >= 15 is 4.39 Å². The van der Waals surface area contributed by atoms with Gasteiger partial charge in [-0.3, -0.25) is 14.7 Å².